The van der Waals surface area contributed by atoms with E-state index in [1.807, 2.05) is 23.8 Å². The van der Waals surface area contributed by atoms with Crippen molar-refractivity contribution in [3.8, 4) is 0 Å². The number of rotatable bonds is 4. The Morgan fingerprint density at radius 2 is 2.42 bits per heavy atom. The molecule has 1 fully saturated rings. The molecule has 4 rings (SSSR count). The molecule has 1 aliphatic rings. The Balaban J connectivity index is 1.51. The van der Waals surface area contributed by atoms with E-state index in [0.717, 1.165) is 48.7 Å². The van der Waals surface area contributed by atoms with Gasteiger partial charge in [-0.15, -0.1) is 11.3 Å². The van der Waals surface area contributed by atoms with Crippen LogP contribution in [0.25, 0.3) is 10.9 Å². The summed E-state index contributed by atoms with van der Waals surface area (Å²) >= 11 is 1.62. The standard InChI is InChI=1S/C17H20N6S/c18-17(21-13-2-1-5-19-8-13)14-11-24-16(22-14)10-23-7-4-12-3-6-20-9-15(12)23/h3-4,6-7,9,11,13,19H,1-2,5,8,10H2,(H2,18,21). The molecule has 0 aliphatic carbocycles. The normalized spacial score (nSPS) is 19.0. The molecule has 0 spiro atoms. The minimum atomic E-state index is 0.267. The second-order valence-corrected chi connectivity index (χ2v) is 6.96. The van der Waals surface area contributed by atoms with Crippen LogP contribution in [0.4, 0.5) is 0 Å². The number of hydrogen-bond donors (Lipinski definition) is 2. The van der Waals surface area contributed by atoms with Crippen LogP contribution in [0.3, 0.4) is 0 Å². The molecule has 7 heteroatoms. The van der Waals surface area contributed by atoms with E-state index in [4.69, 9.17) is 5.73 Å². The van der Waals surface area contributed by atoms with Crippen molar-refractivity contribution >= 4 is 28.1 Å². The fourth-order valence-corrected chi connectivity index (χ4v) is 3.81. The summed E-state index contributed by atoms with van der Waals surface area (Å²) in [6.45, 7) is 2.70. The predicted octanol–water partition coefficient (Wildman–Crippen LogP) is 2.00. The molecule has 1 atom stereocenters. The maximum atomic E-state index is 6.15. The van der Waals surface area contributed by atoms with Gasteiger partial charge in [0.2, 0.25) is 0 Å². The number of amidine groups is 1. The summed E-state index contributed by atoms with van der Waals surface area (Å²) in [5.41, 5.74) is 8.05. The first-order valence-electron chi connectivity index (χ1n) is 8.17. The van der Waals surface area contributed by atoms with Crippen LogP contribution >= 0.6 is 11.3 Å². The molecule has 0 bridgehead atoms. The second kappa shape index (κ2) is 6.70. The molecule has 0 amide bonds. The third-order valence-corrected chi connectivity index (χ3v) is 5.12. The fourth-order valence-electron chi connectivity index (χ4n) is 3.02. The van der Waals surface area contributed by atoms with Crippen molar-refractivity contribution < 1.29 is 0 Å². The second-order valence-electron chi connectivity index (χ2n) is 6.02. The van der Waals surface area contributed by atoms with E-state index in [9.17, 15) is 0 Å². The number of piperidine rings is 1. The summed E-state index contributed by atoms with van der Waals surface area (Å²) in [5.74, 6) is 0.547. The van der Waals surface area contributed by atoms with Crippen molar-refractivity contribution in [2.24, 2.45) is 10.7 Å². The van der Waals surface area contributed by atoms with Crippen LogP contribution in [-0.2, 0) is 6.54 Å². The first-order valence-corrected chi connectivity index (χ1v) is 9.05. The lowest BCUT2D eigenvalue weighted by atomic mass is 10.1. The monoisotopic (exact) mass is 340 g/mol. The lowest BCUT2D eigenvalue weighted by Gasteiger charge is -2.19. The Morgan fingerprint density at radius 1 is 1.46 bits per heavy atom. The number of fused-ring (bicyclic) bond motifs is 1. The summed E-state index contributed by atoms with van der Waals surface area (Å²) in [6, 6.07) is 4.38. The molecule has 6 nitrogen and oxygen atoms in total. The highest BCUT2D eigenvalue weighted by molar-refractivity contribution is 7.09. The van der Waals surface area contributed by atoms with E-state index in [2.05, 4.69) is 37.1 Å². The minimum absolute atomic E-state index is 0.267. The van der Waals surface area contributed by atoms with Crippen molar-refractivity contribution in [3.63, 3.8) is 0 Å². The lowest BCUT2D eigenvalue weighted by molar-refractivity contribution is 0.461. The van der Waals surface area contributed by atoms with Gasteiger partial charge in [-0.1, -0.05) is 0 Å². The molecule has 3 aromatic rings. The summed E-state index contributed by atoms with van der Waals surface area (Å²) in [4.78, 5) is 13.5. The zero-order valence-corrected chi connectivity index (χ0v) is 14.2. The number of thiazole rings is 1. The Kier molecular flexibility index (Phi) is 4.27. The van der Waals surface area contributed by atoms with Gasteiger partial charge in [0.05, 0.1) is 24.3 Å². The van der Waals surface area contributed by atoms with Crippen LogP contribution in [0.2, 0.25) is 0 Å². The third-order valence-electron chi connectivity index (χ3n) is 4.29. The summed E-state index contributed by atoms with van der Waals surface area (Å²) < 4.78 is 2.16. The van der Waals surface area contributed by atoms with Crippen molar-refractivity contribution in [2.45, 2.75) is 25.4 Å². The quantitative estimate of drug-likeness (QED) is 0.562. The van der Waals surface area contributed by atoms with Crippen LogP contribution in [0.15, 0.2) is 41.1 Å². The van der Waals surface area contributed by atoms with Gasteiger partial charge in [0.25, 0.3) is 0 Å². The number of aliphatic imine (C=N–C) groups is 1. The van der Waals surface area contributed by atoms with Gasteiger partial charge in [-0.25, -0.2) is 4.98 Å². The smallest absolute Gasteiger partial charge is 0.145 e. The average Bonchev–Trinajstić information content (AvgIpc) is 3.24. The van der Waals surface area contributed by atoms with Gasteiger partial charge >= 0.3 is 0 Å². The number of nitrogens with two attached hydrogens (primary N) is 1. The maximum Gasteiger partial charge on any atom is 0.145 e. The van der Waals surface area contributed by atoms with Crippen molar-refractivity contribution in [2.75, 3.05) is 13.1 Å². The van der Waals surface area contributed by atoms with Gasteiger partial charge in [-0.3, -0.25) is 9.98 Å². The van der Waals surface area contributed by atoms with E-state index < -0.39 is 0 Å². The largest absolute Gasteiger partial charge is 0.382 e. The lowest BCUT2D eigenvalue weighted by Crippen LogP contribution is -2.34. The molecular weight excluding hydrogens is 320 g/mol. The van der Waals surface area contributed by atoms with Crippen molar-refractivity contribution in [1.29, 1.82) is 0 Å². The van der Waals surface area contributed by atoms with Crippen LogP contribution < -0.4 is 11.1 Å². The maximum absolute atomic E-state index is 6.15. The van der Waals surface area contributed by atoms with Crippen LogP contribution in [0, 0.1) is 0 Å². The van der Waals surface area contributed by atoms with Crippen molar-refractivity contribution in [3.05, 3.63) is 46.8 Å². The Bertz CT molecular complexity index is 859. The predicted molar refractivity (Wildman–Crippen MR) is 97.6 cm³/mol. The number of hydrogen-bond acceptors (Lipinski definition) is 5. The molecule has 0 radical (unpaired) electrons. The molecule has 1 aliphatic heterocycles. The topological polar surface area (TPSA) is 81.1 Å². The molecule has 0 saturated carbocycles. The third kappa shape index (κ3) is 3.18. The SMILES string of the molecule is NC(=NC1CCCNC1)c1csc(Cn2ccc3ccncc32)n1. The van der Waals surface area contributed by atoms with Gasteiger partial charge in [-0.2, -0.15) is 0 Å². The number of pyridine rings is 1. The first-order chi connectivity index (χ1) is 11.8. The van der Waals surface area contributed by atoms with Gasteiger partial charge in [-0.05, 0) is 31.5 Å². The summed E-state index contributed by atoms with van der Waals surface area (Å²) in [7, 11) is 0. The molecule has 1 saturated heterocycles. The molecule has 124 valence electrons. The highest BCUT2D eigenvalue weighted by Crippen LogP contribution is 2.18. The molecule has 3 N–H and O–H groups in total. The average molecular weight is 340 g/mol. The Morgan fingerprint density at radius 3 is 3.29 bits per heavy atom. The van der Waals surface area contributed by atoms with Gasteiger partial charge < -0.3 is 15.6 Å². The number of aromatic nitrogens is 3. The van der Waals surface area contributed by atoms with Crippen LogP contribution in [-0.4, -0.2) is 39.5 Å². The van der Waals surface area contributed by atoms with Gasteiger partial charge in [0, 0.05) is 29.7 Å². The molecule has 0 aromatic carbocycles. The Labute approximate surface area is 144 Å². The number of nitrogens with zero attached hydrogens (tertiary/aromatic N) is 4. The van der Waals surface area contributed by atoms with Crippen LogP contribution in [0.5, 0.6) is 0 Å². The van der Waals surface area contributed by atoms with Crippen molar-refractivity contribution in [1.82, 2.24) is 19.9 Å². The zero-order valence-electron chi connectivity index (χ0n) is 13.4. The van der Waals surface area contributed by atoms with E-state index in [1.165, 1.54) is 5.39 Å². The zero-order chi connectivity index (χ0) is 16.4. The van der Waals surface area contributed by atoms with Crippen LogP contribution in [0.1, 0.15) is 23.5 Å². The highest BCUT2D eigenvalue weighted by atomic mass is 32.1. The molecule has 1 unspecified atom stereocenters. The van der Waals surface area contributed by atoms with E-state index in [1.54, 1.807) is 11.3 Å². The minimum Gasteiger partial charge on any atom is -0.382 e. The van der Waals surface area contributed by atoms with Gasteiger partial charge in [0.1, 0.15) is 16.5 Å². The highest BCUT2D eigenvalue weighted by Gasteiger charge is 2.14. The molecular formula is C17H20N6S. The van der Waals surface area contributed by atoms with E-state index in [-0.39, 0.29) is 6.04 Å². The summed E-state index contributed by atoms with van der Waals surface area (Å²) in [6.07, 6.45) is 8.01. The fraction of sp³-hybridized carbons (Fsp3) is 0.353. The molecule has 24 heavy (non-hydrogen) atoms. The van der Waals surface area contributed by atoms with Gasteiger partial charge in [0.15, 0.2) is 0 Å². The van der Waals surface area contributed by atoms with E-state index in [0.29, 0.717) is 5.84 Å². The first kappa shape index (κ1) is 15.3. The number of nitrogens with one attached hydrogen (secondary N) is 1. The van der Waals surface area contributed by atoms with E-state index >= 15 is 0 Å². The molecule has 3 aromatic heterocycles. The summed E-state index contributed by atoms with van der Waals surface area (Å²) in [5, 5.41) is 7.56. The Hall–Kier alpha value is -2.25. The molecule has 4 heterocycles.